The summed E-state index contributed by atoms with van der Waals surface area (Å²) in [5.41, 5.74) is 9.66. The van der Waals surface area contributed by atoms with Crippen molar-refractivity contribution >= 4 is 11.6 Å². The van der Waals surface area contributed by atoms with Crippen LogP contribution in [0.1, 0.15) is 73.1 Å². The third kappa shape index (κ3) is 9.04. The smallest absolute Gasteiger partial charge is 0.0557 e. The quantitative estimate of drug-likeness (QED) is 0.108. The van der Waals surface area contributed by atoms with E-state index in [-0.39, 0.29) is 17.2 Å². The van der Waals surface area contributed by atoms with Crippen molar-refractivity contribution in [2.45, 2.75) is 78.5 Å². The van der Waals surface area contributed by atoms with E-state index in [9.17, 15) is 0 Å². The van der Waals surface area contributed by atoms with Gasteiger partial charge in [0.2, 0.25) is 0 Å². The number of rotatable bonds is 11. The summed E-state index contributed by atoms with van der Waals surface area (Å²) in [5, 5.41) is 0.0310. The molecule has 1 unspecified atom stereocenters. The highest BCUT2D eigenvalue weighted by Gasteiger charge is 2.32. The molecular formula is C37H49Cl. The fourth-order valence-electron chi connectivity index (χ4n) is 5.73. The second-order valence-electron chi connectivity index (χ2n) is 10.5. The zero-order chi connectivity index (χ0) is 27.9. The van der Waals surface area contributed by atoms with Crippen molar-refractivity contribution < 1.29 is 0 Å². The van der Waals surface area contributed by atoms with E-state index in [2.05, 4.69) is 132 Å². The van der Waals surface area contributed by atoms with Gasteiger partial charge in [-0.1, -0.05) is 112 Å². The lowest BCUT2D eigenvalue weighted by atomic mass is 9.71. The first-order valence-electron chi connectivity index (χ1n) is 14.4. The van der Waals surface area contributed by atoms with Crippen molar-refractivity contribution in [2.75, 3.05) is 0 Å². The highest BCUT2D eigenvalue weighted by atomic mass is 35.5. The lowest BCUT2D eigenvalue weighted by Gasteiger charge is -2.33. The average molecular weight is 529 g/mol. The van der Waals surface area contributed by atoms with Gasteiger partial charge in [-0.15, -0.1) is 17.3 Å². The SMILES string of the molecule is C=C=C(/C1=C\C/C=C\[C@H](C)CC1C1=CC=CCC[C@H]1Cl)/C(=C\C=C/C)[C@@H](C)[C@@H](CC/C=C\C)C(=C)/C=C\C. The first-order valence-corrected chi connectivity index (χ1v) is 14.9. The zero-order valence-corrected chi connectivity index (χ0v) is 25.2. The molecule has 0 N–H and O–H groups in total. The number of halogens is 1. The van der Waals surface area contributed by atoms with Crippen molar-refractivity contribution in [1.82, 2.24) is 0 Å². The maximum atomic E-state index is 7.05. The fraction of sp³-hybridized carbons (Fsp3) is 0.432. The molecule has 0 fully saturated rings. The Bertz CT molecular complexity index is 1070. The van der Waals surface area contributed by atoms with Crippen LogP contribution in [0.2, 0.25) is 0 Å². The molecule has 0 heterocycles. The summed E-state index contributed by atoms with van der Waals surface area (Å²) in [5.74, 6) is 1.26. The molecule has 0 aliphatic heterocycles. The van der Waals surface area contributed by atoms with E-state index in [1.54, 1.807) is 0 Å². The highest BCUT2D eigenvalue weighted by Crippen LogP contribution is 2.43. The van der Waals surface area contributed by atoms with Crippen LogP contribution in [0.5, 0.6) is 0 Å². The van der Waals surface area contributed by atoms with E-state index in [1.807, 2.05) is 0 Å². The Morgan fingerprint density at radius 3 is 2.66 bits per heavy atom. The summed E-state index contributed by atoms with van der Waals surface area (Å²) in [7, 11) is 0. The van der Waals surface area contributed by atoms with Crippen LogP contribution in [0.4, 0.5) is 0 Å². The standard InChI is InChI=1S/C37H49Cl/c1-8-12-15-23-32(29(6)20-10-3)30(7)33(22-13-9-2)31(11-4)34-24-19-18-21-28(5)27-36(34)35-25-16-14-17-26-37(35)38/h8-10,12-14,16,18,20-22,24-25,28,30,32,36-37H,4,6,15,17,19,23,26-27H2,1-3,5,7H3/b12-8-,13-9-,20-10-,21-18-,33-22-,34-24+/t28-,30-,32-,36?,37+/m0/s1. The third-order valence-corrected chi connectivity index (χ3v) is 8.22. The second-order valence-corrected chi connectivity index (χ2v) is 11.1. The molecule has 0 saturated carbocycles. The second kappa shape index (κ2) is 17.1. The Kier molecular flexibility index (Phi) is 14.3. The minimum atomic E-state index is 0.0310. The van der Waals surface area contributed by atoms with Gasteiger partial charge >= 0.3 is 0 Å². The molecule has 0 amide bonds. The van der Waals surface area contributed by atoms with E-state index < -0.39 is 0 Å². The molecule has 2 aliphatic rings. The molecule has 0 aromatic rings. The van der Waals surface area contributed by atoms with Gasteiger partial charge in [0.1, 0.15) is 0 Å². The monoisotopic (exact) mass is 528 g/mol. The van der Waals surface area contributed by atoms with Crippen LogP contribution >= 0.6 is 11.6 Å². The summed E-state index contributed by atoms with van der Waals surface area (Å²) in [6.07, 6.45) is 35.0. The number of hydrogen-bond donors (Lipinski definition) is 0. The van der Waals surface area contributed by atoms with Gasteiger partial charge in [-0.25, -0.2) is 0 Å². The lowest BCUT2D eigenvalue weighted by Crippen LogP contribution is -2.23. The fourth-order valence-corrected chi connectivity index (χ4v) is 6.08. The van der Waals surface area contributed by atoms with Gasteiger partial charge in [-0.2, -0.15) is 0 Å². The molecule has 38 heavy (non-hydrogen) atoms. The van der Waals surface area contributed by atoms with Crippen LogP contribution in [0.3, 0.4) is 0 Å². The lowest BCUT2D eigenvalue weighted by molar-refractivity contribution is 0.446. The summed E-state index contributed by atoms with van der Waals surface area (Å²) in [4.78, 5) is 0. The Labute approximate surface area is 239 Å². The Morgan fingerprint density at radius 1 is 1.18 bits per heavy atom. The third-order valence-electron chi connectivity index (χ3n) is 7.75. The van der Waals surface area contributed by atoms with Crippen LogP contribution in [-0.4, -0.2) is 5.38 Å². The average Bonchev–Trinajstić information content (AvgIpc) is 3.11. The molecule has 0 bridgehead atoms. The molecule has 0 spiro atoms. The Balaban J connectivity index is 2.66. The number of allylic oxidation sites excluding steroid dienone is 18. The summed E-state index contributed by atoms with van der Waals surface area (Å²) in [6, 6.07) is 0. The number of hydrogen-bond acceptors (Lipinski definition) is 0. The normalized spacial score (nSPS) is 26.7. The predicted molar refractivity (Wildman–Crippen MR) is 171 cm³/mol. The van der Waals surface area contributed by atoms with Crippen molar-refractivity contribution in [2.24, 2.45) is 23.7 Å². The van der Waals surface area contributed by atoms with E-state index in [0.717, 1.165) is 44.1 Å². The van der Waals surface area contributed by atoms with E-state index in [0.29, 0.717) is 11.8 Å². The van der Waals surface area contributed by atoms with Crippen LogP contribution in [-0.2, 0) is 0 Å². The topological polar surface area (TPSA) is 0 Å². The molecule has 2 rings (SSSR count). The zero-order valence-electron chi connectivity index (χ0n) is 24.4. The minimum Gasteiger partial charge on any atom is -0.120 e. The summed E-state index contributed by atoms with van der Waals surface area (Å²) in [6.45, 7) is 19.6. The molecule has 0 aromatic carbocycles. The van der Waals surface area contributed by atoms with Gasteiger partial charge in [0, 0.05) is 11.5 Å². The molecule has 0 nitrogen and oxygen atoms in total. The van der Waals surface area contributed by atoms with Crippen LogP contribution in [0.15, 0.2) is 126 Å². The Hall–Kier alpha value is -2.53. The van der Waals surface area contributed by atoms with Crippen LogP contribution in [0.25, 0.3) is 0 Å². The van der Waals surface area contributed by atoms with E-state index in [1.165, 1.54) is 22.3 Å². The van der Waals surface area contributed by atoms with E-state index >= 15 is 0 Å². The van der Waals surface area contributed by atoms with Crippen molar-refractivity contribution in [1.29, 1.82) is 0 Å². The van der Waals surface area contributed by atoms with Gasteiger partial charge in [0.25, 0.3) is 0 Å². The van der Waals surface area contributed by atoms with Gasteiger partial charge in [0.05, 0.1) is 5.38 Å². The van der Waals surface area contributed by atoms with Gasteiger partial charge in [-0.05, 0) is 93.8 Å². The van der Waals surface area contributed by atoms with Crippen LogP contribution < -0.4 is 0 Å². The minimum absolute atomic E-state index is 0.0310. The van der Waals surface area contributed by atoms with Crippen molar-refractivity contribution in [3.8, 4) is 0 Å². The first kappa shape index (κ1) is 31.7. The van der Waals surface area contributed by atoms with Crippen LogP contribution in [0, 0.1) is 23.7 Å². The maximum absolute atomic E-state index is 7.05. The first-order chi connectivity index (χ1) is 18.4. The molecular weight excluding hydrogens is 480 g/mol. The van der Waals surface area contributed by atoms with Crippen molar-refractivity contribution in [3.63, 3.8) is 0 Å². The van der Waals surface area contributed by atoms with Crippen molar-refractivity contribution in [3.05, 3.63) is 126 Å². The Morgan fingerprint density at radius 2 is 1.97 bits per heavy atom. The molecule has 0 aromatic heterocycles. The molecule has 2 aliphatic carbocycles. The van der Waals surface area contributed by atoms with Gasteiger partial charge < -0.3 is 0 Å². The highest BCUT2D eigenvalue weighted by molar-refractivity contribution is 6.22. The van der Waals surface area contributed by atoms with Gasteiger partial charge in [0.15, 0.2) is 0 Å². The summed E-state index contributed by atoms with van der Waals surface area (Å²) >= 11 is 7.05. The molecule has 0 radical (unpaired) electrons. The predicted octanol–water partition coefficient (Wildman–Crippen LogP) is 11.4. The molecule has 5 atom stereocenters. The molecule has 0 saturated heterocycles. The summed E-state index contributed by atoms with van der Waals surface area (Å²) < 4.78 is 0. The maximum Gasteiger partial charge on any atom is 0.0557 e. The largest absolute Gasteiger partial charge is 0.120 e. The molecule has 204 valence electrons. The number of alkyl halides is 1. The van der Waals surface area contributed by atoms with E-state index in [4.69, 9.17) is 11.6 Å². The van der Waals surface area contributed by atoms with Gasteiger partial charge in [-0.3, -0.25) is 0 Å². The molecule has 1 heteroatoms.